The molecule has 0 saturated heterocycles. The second-order valence-corrected chi connectivity index (χ2v) is 11.9. The zero-order valence-electron chi connectivity index (χ0n) is 20.0. The first-order chi connectivity index (χ1) is 14.3. The predicted molar refractivity (Wildman–Crippen MR) is 123 cm³/mol. The van der Waals surface area contributed by atoms with Crippen LogP contribution in [0.25, 0.3) is 0 Å². The Labute approximate surface area is 184 Å². The van der Waals surface area contributed by atoms with Crippen LogP contribution in [0.1, 0.15) is 84.5 Å². The van der Waals surface area contributed by atoms with Crippen molar-refractivity contribution < 1.29 is 9.94 Å². The Morgan fingerprint density at radius 2 is 1.77 bits per heavy atom. The maximum atomic E-state index is 10.2. The fourth-order valence-electron chi connectivity index (χ4n) is 8.48. The van der Waals surface area contributed by atoms with Crippen LogP contribution in [0.2, 0.25) is 0 Å². The number of likely N-dealkylation sites (N-methyl/N-ethyl adjacent to an activating group) is 1. The number of hydrogen-bond acceptors (Lipinski definition) is 4. The normalized spacial score (nSPS) is 45.9. The molecule has 4 aliphatic carbocycles. The molecule has 8 atom stereocenters. The SMILES string of the molecule is CN(C)CCO/N=C/CC[C@H]1CC[C@H]2[C@@H]3CC[C@@H]4C[C@@H](O)CC[C@]4(C)[C@H]3CC[C@]12C. The fraction of sp³-hybridized carbons (Fsp3) is 0.962. The average Bonchev–Trinajstić information content (AvgIpc) is 3.04. The minimum Gasteiger partial charge on any atom is -0.395 e. The molecular formula is C26H46N2O2. The minimum absolute atomic E-state index is 0.0298. The zero-order valence-corrected chi connectivity index (χ0v) is 20.0. The minimum atomic E-state index is -0.0298. The van der Waals surface area contributed by atoms with E-state index >= 15 is 0 Å². The van der Waals surface area contributed by atoms with Crippen LogP contribution in [0.3, 0.4) is 0 Å². The number of fused-ring (bicyclic) bond motifs is 5. The molecule has 0 aromatic rings. The predicted octanol–water partition coefficient (Wildman–Crippen LogP) is 5.35. The summed E-state index contributed by atoms with van der Waals surface area (Å²) in [6.45, 7) is 6.82. The highest BCUT2D eigenvalue weighted by molar-refractivity contribution is 5.56. The highest BCUT2D eigenvalue weighted by Crippen LogP contribution is 2.67. The van der Waals surface area contributed by atoms with Gasteiger partial charge in [-0.3, -0.25) is 0 Å². The van der Waals surface area contributed by atoms with Crippen LogP contribution in [-0.4, -0.2) is 49.6 Å². The molecule has 0 aromatic carbocycles. The quantitative estimate of drug-likeness (QED) is 0.344. The summed E-state index contributed by atoms with van der Waals surface area (Å²) in [6.07, 6.45) is 16.2. The van der Waals surface area contributed by atoms with Gasteiger partial charge in [-0.2, -0.15) is 0 Å². The smallest absolute Gasteiger partial charge is 0.129 e. The summed E-state index contributed by atoms with van der Waals surface area (Å²) in [5, 5.41) is 14.4. The van der Waals surface area contributed by atoms with Gasteiger partial charge in [-0.1, -0.05) is 19.0 Å². The fourth-order valence-corrected chi connectivity index (χ4v) is 8.48. The molecule has 0 radical (unpaired) electrons. The molecule has 4 saturated carbocycles. The van der Waals surface area contributed by atoms with Gasteiger partial charge in [-0.25, -0.2) is 0 Å². The van der Waals surface area contributed by atoms with Crippen LogP contribution in [0, 0.1) is 40.4 Å². The lowest BCUT2D eigenvalue weighted by Crippen LogP contribution is -2.53. The third-order valence-corrected chi connectivity index (χ3v) is 10.3. The Morgan fingerprint density at radius 1 is 1.00 bits per heavy atom. The number of rotatable bonds is 7. The van der Waals surface area contributed by atoms with E-state index in [-0.39, 0.29) is 6.10 Å². The summed E-state index contributed by atoms with van der Waals surface area (Å²) in [5.41, 5.74) is 1.04. The van der Waals surface area contributed by atoms with Gasteiger partial charge in [0.15, 0.2) is 0 Å². The summed E-state index contributed by atoms with van der Waals surface area (Å²) >= 11 is 0. The van der Waals surface area contributed by atoms with Crippen LogP contribution in [-0.2, 0) is 4.84 Å². The number of aliphatic hydroxyl groups is 1. The van der Waals surface area contributed by atoms with E-state index in [1.165, 1.54) is 51.4 Å². The zero-order chi connectivity index (χ0) is 21.4. The van der Waals surface area contributed by atoms with E-state index in [2.05, 4.69) is 38.0 Å². The molecule has 4 nitrogen and oxygen atoms in total. The summed E-state index contributed by atoms with van der Waals surface area (Å²) in [7, 11) is 4.12. The Balaban J connectivity index is 1.33. The van der Waals surface area contributed by atoms with Gasteiger partial charge in [-0.05, 0) is 125 Å². The highest BCUT2D eigenvalue weighted by Gasteiger charge is 2.59. The Morgan fingerprint density at radius 3 is 2.57 bits per heavy atom. The second-order valence-electron chi connectivity index (χ2n) is 11.9. The Kier molecular flexibility index (Phi) is 6.85. The molecular weight excluding hydrogens is 372 g/mol. The molecule has 0 spiro atoms. The van der Waals surface area contributed by atoms with E-state index in [1.54, 1.807) is 0 Å². The lowest BCUT2D eigenvalue weighted by molar-refractivity contribution is -0.126. The van der Waals surface area contributed by atoms with Crippen molar-refractivity contribution >= 4 is 6.21 Å². The third-order valence-electron chi connectivity index (χ3n) is 10.3. The monoisotopic (exact) mass is 418 g/mol. The van der Waals surface area contributed by atoms with Crippen LogP contribution in [0.5, 0.6) is 0 Å². The molecule has 0 bridgehead atoms. The lowest BCUT2D eigenvalue weighted by atomic mass is 9.44. The van der Waals surface area contributed by atoms with Gasteiger partial charge in [0, 0.05) is 12.8 Å². The lowest BCUT2D eigenvalue weighted by Gasteiger charge is -2.61. The van der Waals surface area contributed by atoms with Crippen LogP contribution < -0.4 is 0 Å². The largest absolute Gasteiger partial charge is 0.395 e. The van der Waals surface area contributed by atoms with Crippen LogP contribution in [0.15, 0.2) is 5.16 Å². The molecule has 0 amide bonds. The van der Waals surface area contributed by atoms with Gasteiger partial charge in [0.2, 0.25) is 0 Å². The Hall–Kier alpha value is -0.610. The van der Waals surface area contributed by atoms with Crippen molar-refractivity contribution in [1.29, 1.82) is 0 Å². The van der Waals surface area contributed by atoms with Crippen molar-refractivity contribution in [2.75, 3.05) is 27.2 Å². The van der Waals surface area contributed by atoms with Gasteiger partial charge in [0.1, 0.15) is 6.61 Å². The first-order valence-corrected chi connectivity index (χ1v) is 12.8. The summed E-state index contributed by atoms with van der Waals surface area (Å²) in [6, 6.07) is 0. The van der Waals surface area contributed by atoms with Gasteiger partial charge >= 0.3 is 0 Å². The standard InChI is InChI=1S/C26H46N2O2/c1-25-14-12-24-22(9-7-20-18-21(29)11-13-26(20,24)2)23(25)10-8-19(25)6-5-15-27-30-17-16-28(3)4/h15,19-24,29H,5-14,16-18H2,1-4H3/b27-15+/t19-,20+,21-,22-,23-,24-,25+,26-/m0/s1. The van der Waals surface area contributed by atoms with Gasteiger partial charge < -0.3 is 14.8 Å². The van der Waals surface area contributed by atoms with E-state index in [0.717, 1.165) is 55.4 Å². The van der Waals surface area contributed by atoms with Crippen molar-refractivity contribution in [3.8, 4) is 0 Å². The van der Waals surface area contributed by atoms with Crippen molar-refractivity contribution in [1.82, 2.24) is 4.90 Å². The average molecular weight is 419 g/mol. The molecule has 0 heterocycles. The van der Waals surface area contributed by atoms with Crippen molar-refractivity contribution in [2.45, 2.75) is 90.6 Å². The molecule has 30 heavy (non-hydrogen) atoms. The highest BCUT2D eigenvalue weighted by atomic mass is 16.6. The number of oxime groups is 1. The Bertz CT molecular complexity index is 608. The molecule has 0 unspecified atom stereocenters. The number of nitrogens with zero attached hydrogens (tertiary/aromatic N) is 2. The van der Waals surface area contributed by atoms with E-state index in [0.29, 0.717) is 17.4 Å². The summed E-state index contributed by atoms with van der Waals surface area (Å²) < 4.78 is 0. The maximum Gasteiger partial charge on any atom is 0.129 e. The van der Waals surface area contributed by atoms with Crippen LogP contribution in [0.4, 0.5) is 0 Å². The van der Waals surface area contributed by atoms with Crippen molar-refractivity contribution in [3.05, 3.63) is 0 Å². The molecule has 0 aromatic heterocycles. The van der Waals surface area contributed by atoms with Gasteiger partial charge in [0.05, 0.1) is 6.10 Å². The summed E-state index contributed by atoms with van der Waals surface area (Å²) in [5.74, 6) is 4.41. The summed E-state index contributed by atoms with van der Waals surface area (Å²) in [4.78, 5) is 7.51. The first-order valence-electron chi connectivity index (χ1n) is 12.8. The molecule has 172 valence electrons. The third kappa shape index (κ3) is 4.20. The van der Waals surface area contributed by atoms with E-state index in [9.17, 15) is 5.11 Å². The van der Waals surface area contributed by atoms with E-state index < -0.39 is 0 Å². The number of hydrogen-bond donors (Lipinski definition) is 1. The van der Waals surface area contributed by atoms with Crippen molar-refractivity contribution in [3.63, 3.8) is 0 Å². The maximum absolute atomic E-state index is 10.2. The van der Waals surface area contributed by atoms with Crippen molar-refractivity contribution in [2.24, 2.45) is 45.6 Å². The molecule has 4 rings (SSSR count). The van der Waals surface area contributed by atoms with Gasteiger partial charge in [0.25, 0.3) is 0 Å². The molecule has 0 aliphatic heterocycles. The van der Waals surface area contributed by atoms with E-state index in [4.69, 9.17) is 4.84 Å². The van der Waals surface area contributed by atoms with Crippen LogP contribution >= 0.6 is 0 Å². The molecule has 4 fully saturated rings. The van der Waals surface area contributed by atoms with Gasteiger partial charge in [-0.15, -0.1) is 0 Å². The topological polar surface area (TPSA) is 45.1 Å². The molecule has 4 aliphatic rings. The molecule has 1 N–H and O–H groups in total. The molecule has 4 heteroatoms. The second kappa shape index (κ2) is 9.10. The first kappa shape index (κ1) is 22.6. The van der Waals surface area contributed by atoms with E-state index in [1.807, 2.05) is 6.21 Å². The number of aliphatic hydroxyl groups excluding tert-OH is 1.